The molecule has 0 saturated heterocycles. The smallest absolute Gasteiger partial charge is 0.230 e. The van der Waals surface area contributed by atoms with Crippen LogP contribution in [-0.4, -0.2) is 21.6 Å². The van der Waals surface area contributed by atoms with Crippen LogP contribution < -0.4 is 5.32 Å². The van der Waals surface area contributed by atoms with Gasteiger partial charge in [-0.2, -0.15) is 0 Å². The Bertz CT molecular complexity index is 1060. The molecule has 5 nitrogen and oxygen atoms in total. The number of benzene rings is 1. The highest BCUT2D eigenvalue weighted by atomic mass is 32.2. The molecule has 0 aliphatic rings. The standard InChI is InChI=1S/C19H14FN3O2S2/c20-13-5-3-12(4-6-13)15-9-26-18-17(15)19(23-11-22-18)27-10-16(24)21-8-14-2-1-7-25-14/h1-7,9,11H,8,10H2,(H,21,24). The third kappa shape index (κ3) is 4.01. The van der Waals surface area contributed by atoms with E-state index < -0.39 is 0 Å². The third-order valence-corrected chi connectivity index (χ3v) is 5.75. The first-order chi connectivity index (χ1) is 13.2. The highest BCUT2D eigenvalue weighted by molar-refractivity contribution is 8.00. The molecule has 0 aliphatic carbocycles. The fourth-order valence-electron chi connectivity index (χ4n) is 2.58. The molecule has 4 aromatic rings. The lowest BCUT2D eigenvalue weighted by molar-refractivity contribution is -0.118. The van der Waals surface area contributed by atoms with Crippen molar-refractivity contribution in [3.05, 3.63) is 65.9 Å². The minimum absolute atomic E-state index is 0.110. The van der Waals surface area contributed by atoms with Crippen LogP contribution in [-0.2, 0) is 11.3 Å². The summed E-state index contributed by atoms with van der Waals surface area (Å²) in [7, 11) is 0. The van der Waals surface area contributed by atoms with Gasteiger partial charge in [-0.1, -0.05) is 23.9 Å². The SMILES string of the molecule is O=C(CSc1ncnc2scc(-c3ccc(F)cc3)c12)NCc1ccco1. The van der Waals surface area contributed by atoms with Gasteiger partial charge in [0.2, 0.25) is 5.91 Å². The molecule has 4 rings (SSSR count). The van der Waals surface area contributed by atoms with Crippen molar-refractivity contribution in [2.45, 2.75) is 11.6 Å². The molecule has 0 fully saturated rings. The summed E-state index contributed by atoms with van der Waals surface area (Å²) in [6.07, 6.45) is 3.07. The second-order valence-electron chi connectivity index (χ2n) is 5.66. The van der Waals surface area contributed by atoms with Crippen LogP contribution in [0.1, 0.15) is 5.76 Å². The molecule has 3 heterocycles. The Kier molecular flexibility index (Phi) is 5.17. The molecular weight excluding hydrogens is 385 g/mol. The molecule has 27 heavy (non-hydrogen) atoms. The van der Waals surface area contributed by atoms with Gasteiger partial charge in [0.05, 0.1) is 23.9 Å². The Morgan fingerprint density at radius 2 is 2.07 bits per heavy atom. The molecule has 0 saturated carbocycles. The minimum Gasteiger partial charge on any atom is -0.467 e. The van der Waals surface area contributed by atoms with Crippen molar-refractivity contribution in [3.63, 3.8) is 0 Å². The van der Waals surface area contributed by atoms with Crippen LogP contribution in [0.25, 0.3) is 21.3 Å². The fraction of sp³-hybridized carbons (Fsp3) is 0.105. The van der Waals surface area contributed by atoms with E-state index in [1.54, 1.807) is 24.5 Å². The lowest BCUT2D eigenvalue weighted by Gasteiger charge is -2.06. The first kappa shape index (κ1) is 17.7. The maximum absolute atomic E-state index is 13.2. The monoisotopic (exact) mass is 399 g/mol. The van der Waals surface area contributed by atoms with E-state index in [2.05, 4.69) is 15.3 Å². The quantitative estimate of drug-likeness (QED) is 0.382. The van der Waals surface area contributed by atoms with Crippen LogP contribution in [0.5, 0.6) is 0 Å². The molecule has 0 radical (unpaired) electrons. The lowest BCUT2D eigenvalue weighted by Crippen LogP contribution is -2.24. The number of thiophene rings is 1. The number of halogens is 1. The second-order valence-corrected chi connectivity index (χ2v) is 7.48. The summed E-state index contributed by atoms with van der Waals surface area (Å²) in [5, 5.41) is 6.41. The number of hydrogen-bond donors (Lipinski definition) is 1. The molecule has 1 aromatic carbocycles. The van der Waals surface area contributed by atoms with Crippen LogP contribution in [0.3, 0.4) is 0 Å². The number of carbonyl (C=O) groups excluding carboxylic acids is 1. The molecular formula is C19H14FN3O2S2. The van der Waals surface area contributed by atoms with Gasteiger partial charge in [0.15, 0.2) is 0 Å². The van der Waals surface area contributed by atoms with Crippen molar-refractivity contribution in [1.82, 2.24) is 15.3 Å². The number of thioether (sulfide) groups is 1. The van der Waals surface area contributed by atoms with Crippen molar-refractivity contribution in [3.8, 4) is 11.1 Å². The normalized spacial score (nSPS) is 11.0. The summed E-state index contributed by atoms with van der Waals surface area (Å²) in [5.41, 5.74) is 1.83. The summed E-state index contributed by atoms with van der Waals surface area (Å²) < 4.78 is 18.4. The number of nitrogens with one attached hydrogen (secondary N) is 1. The average Bonchev–Trinajstić information content (AvgIpc) is 3.35. The lowest BCUT2D eigenvalue weighted by atomic mass is 10.1. The van der Waals surface area contributed by atoms with E-state index >= 15 is 0 Å². The van der Waals surface area contributed by atoms with Gasteiger partial charge in [-0.15, -0.1) is 11.3 Å². The number of hydrogen-bond acceptors (Lipinski definition) is 6. The van der Waals surface area contributed by atoms with E-state index in [1.807, 2.05) is 11.4 Å². The van der Waals surface area contributed by atoms with E-state index in [0.717, 1.165) is 26.4 Å². The Balaban J connectivity index is 1.52. The molecule has 3 aromatic heterocycles. The number of fused-ring (bicyclic) bond motifs is 1. The number of furan rings is 1. The van der Waals surface area contributed by atoms with Crippen molar-refractivity contribution in [2.24, 2.45) is 0 Å². The van der Waals surface area contributed by atoms with Gasteiger partial charge in [-0.25, -0.2) is 14.4 Å². The summed E-state index contributed by atoms with van der Waals surface area (Å²) in [4.78, 5) is 21.6. The summed E-state index contributed by atoms with van der Waals surface area (Å²) >= 11 is 2.85. The van der Waals surface area contributed by atoms with E-state index in [9.17, 15) is 9.18 Å². The number of rotatable bonds is 6. The fourth-order valence-corrected chi connectivity index (χ4v) is 4.41. The van der Waals surface area contributed by atoms with Crippen LogP contribution in [0, 0.1) is 5.82 Å². The van der Waals surface area contributed by atoms with Crippen molar-refractivity contribution in [1.29, 1.82) is 0 Å². The van der Waals surface area contributed by atoms with Crippen molar-refractivity contribution >= 4 is 39.2 Å². The first-order valence-electron chi connectivity index (χ1n) is 8.11. The van der Waals surface area contributed by atoms with Gasteiger partial charge in [-0.05, 0) is 29.8 Å². The molecule has 136 valence electrons. The molecule has 0 bridgehead atoms. The highest BCUT2D eigenvalue weighted by Gasteiger charge is 2.15. The van der Waals surface area contributed by atoms with Gasteiger partial charge in [0.25, 0.3) is 0 Å². The zero-order valence-electron chi connectivity index (χ0n) is 14.0. The molecule has 0 aliphatic heterocycles. The van der Waals surface area contributed by atoms with Gasteiger partial charge >= 0.3 is 0 Å². The molecule has 1 amide bonds. The Morgan fingerprint density at radius 3 is 2.85 bits per heavy atom. The topological polar surface area (TPSA) is 68.0 Å². The zero-order valence-corrected chi connectivity index (χ0v) is 15.6. The third-order valence-electron chi connectivity index (χ3n) is 3.87. The highest BCUT2D eigenvalue weighted by Crippen LogP contribution is 2.37. The molecule has 8 heteroatoms. The predicted molar refractivity (Wildman–Crippen MR) is 104 cm³/mol. The van der Waals surface area contributed by atoms with Gasteiger partial charge in [0.1, 0.15) is 27.8 Å². The average molecular weight is 399 g/mol. The Labute approximate surface area is 162 Å². The van der Waals surface area contributed by atoms with E-state index in [-0.39, 0.29) is 17.5 Å². The molecule has 1 N–H and O–H groups in total. The molecule has 0 unspecified atom stereocenters. The van der Waals surface area contributed by atoms with E-state index in [4.69, 9.17) is 4.42 Å². The van der Waals surface area contributed by atoms with Crippen molar-refractivity contribution < 1.29 is 13.6 Å². The predicted octanol–water partition coefficient (Wildman–Crippen LogP) is 4.50. The van der Waals surface area contributed by atoms with Gasteiger partial charge in [0, 0.05) is 10.9 Å². The number of amides is 1. The van der Waals surface area contributed by atoms with Gasteiger partial charge in [-0.3, -0.25) is 4.79 Å². The summed E-state index contributed by atoms with van der Waals surface area (Å²) in [6.45, 7) is 0.352. The first-order valence-corrected chi connectivity index (χ1v) is 9.97. The second kappa shape index (κ2) is 7.89. The summed E-state index contributed by atoms with van der Waals surface area (Å²) in [5.74, 6) is 0.541. The van der Waals surface area contributed by atoms with Gasteiger partial charge < -0.3 is 9.73 Å². The minimum atomic E-state index is -0.280. The maximum Gasteiger partial charge on any atom is 0.230 e. The largest absolute Gasteiger partial charge is 0.467 e. The zero-order chi connectivity index (χ0) is 18.6. The van der Waals surface area contributed by atoms with Crippen LogP contribution in [0.4, 0.5) is 4.39 Å². The maximum atomic E-state index is 13.2. The Hall–Kier alpha value is -2.71. The van der Waals surface area contributed by atoms with Crippen LogP contribution >= 0.6 is 23.1 Å². The number of aromatic nitrogens is 2. The molecule has 0 spiro atoms. The number of nitrogens with zero attached hydrogens (tertiary/aromatic N) is 2. The Morgan fingerprint density at radius 1 is 1.22 bits per heavy atom. The molecule has 0 atom stereocenters. The van der Waals surface area contributed by atoms with Crippen molar-refractivity contribution in [2.75, 3.05) is 5.75 Å². The summed E-state index contributed by atoms with van der Waals surface area (Å²) in [6, 6.07) is 9.90. The van der Waals surface area contributed by atoms with E-state index in [1.165, 1.54) is 41.6 Å². The van der Waals surface area contributed by atoms with E-state index in [0.29, 0.717) is 12.3 Å². The van der Waals surface area contributed by atoms with Crippen LogP contribution in [0.2, 0.25) is 0 Å². The van der Waals surface area contributed by atoms with Crippen LogP contribution in [0.15, 0.2) is 63.8 Å². The number of carbonyl (C=O) groups is 1.